The lowest BCUT2D eigenvalue weighted by Crippen LogP contribution is -2.10. The third kappa shape index (κ3) is 5.02. The van der Waals surface area contributed by atoms with Gasteiger partial charge in [-0.05, 0) is 55.0 Å². The van der Waals surface area contributed by atoms with Gasteiger partial charge in [-0.3, -0.25) is 0 Å². The molecule has 3 nitrogen and oxygen atoms in total. The van der Waals surface area contributed by atoms with Gasteiger partial charge < -0.3 is 9.84 Å². The van der Waals surface area contributed by atoms with Crippen LogP contribution in [0.4, 0.5) is 4.39 Å². The number of hydrogen-bond donors (Lipinski definition) is 1. The Balaban J connectivity index is 2.40. The highest BCUT2D eigenvalue weighted by Crippen LogP contribution is 2.31. The largest absolute Gasteiger partial charge is 0.423 e. The fourth-order valence-electron chi connectivity index (χ4n) is 2.72. The van der Waals surface area contributed by atoms with Gasteiger partial charge in [-0.15, -0.1) is 0 Å². The predicted molar refractivity (Wildman–Crippen MR) is 102 cm³/mol. The minimum Gasteiger partial charge on any atom is -0.423 e. The number of esters is 1. The number of carbonyl (C=O) groups excluding carboxylic acids is 1. The summed E-state index contributed by atoms with van der Waals surface area (Å²) < 4.78 is 20.0. The van der Waals surface area contributed by atoms with Crippen LogP contribution in [0.5, 0.6) is 5.75 Å². The van der Waals surface area contributed by atoms with Gasteiger partial charge in [0, 0.05) is 17.7 Å². The maximum absolute atomic E-state index is 14.5. The van der Waals surface area contributed by atoms with Crippen molar-refractivity contribution in [2.24, 2.45) is 0 Å². The second kappa shape index (κ2) is 9.30. The van der Waals surface area contributed by atoms with Gasteiger partial charge in [-0.1, -0.05) is 44.2 Å². The van der Waals surface area contributed by atoms with Gasteiger partial charge in [-0.2, -0.15) is 0 Å². The molecule has 0 unspecified atom stereocenters. The number of carbonyl (C=O) groups is 1. The number of halogens is 1. The number of aryl methyl sites for hydroxylation is 2. The van der Waals surface area contributed by atoms with Crippen LogP contribution in [0, 0.1) is 5.82 Å². The van der Waals surface area contributed by atoms with Gasteiger partial charge >= 0.3 is 5.97 Å². The standard InChI is InChI=1S/C22H25FO3/c1-4-6-16-8-11-19(20(23)13-16)18-10-9-17(7-5-12-24)21(14-18)26-22(25)15(2)3/h8-11,13-14,24H,2,4-7,12H2,1,3H3. The van der Waals surface area contributed by atoms with Gasteiger partial charge in [-0.25, -0.2) is 9.18 Å². The quantitative estimate of drug-likeness (QED) is 0.418. The number of rotatable bonds is 8. The van der Waals surface area contributed by atoms with E-state index < -0.39 is 5.97 Å². The van der Waals surface area contributed by atoms with Crippen molar-refractivity contribution in [3.63, 3.8) is 0 Å². The third-order valence-corrected chi connectivity index (χ3v) is 4.11. The summed E-state index contributed by atoms with van der Waals surface area (Å²) in [6, 6.07) is 10.5. The molecular formula is C22H25FO3. The summed E-state index contributed by atoms with van der Waals surface area (Å²) >= 11 is 0. The van der Waals surface area contributed by atoms with Crippen molar-refractivity contribution in [1.82, 2.24) is 0 Å². The molecule has 0 spiro atoms. The fraction of sp³-hybridized carbons (Fsp3) is 0.318. The van der Waals surface area contributed by atoms with E-state index in [0.29, 0.717) is 35.3 Å². The first kappa shape index (κ1) is 19.9. The van der Waals surface area contributed by atoms with E-state index in [4.69, 9.17) is 9.84 Å². The Hall–Kier alpha value is -2.46. The van der Waals surface area contributed by atoms with Crippen LogP contribution in [-0.4, -0.2) is 17.7 Å². The Bertz CT molecular complexity index is 796. The molecule has 0 saturated carbocycles. The predicted octanol–water partition coefficient (Wildman–Crippen LogP) is 4.85. The fourth-order valence-corrected chi connectivity index (χ4v) is 2.72. The van der Waals surface area contributed by atoms with Crippen molar-refractivity contribution in [1.29, 1.82) is 0 Å². The van der Waals surface area contributed by atoms with E-state index in [2.05, 4.69) is 13.5 Å². The summed E-state index contributed by atoms with van der Waals surface area (Å²) in [6.07, 6.45) is 2.91. The zero-order valence-electron chi connectivity index (χ0n) is 15.3. The van der Waals surface area contributed by atoms with Crippen LogP contribution in [0.3, 0.4) is 0 Å². The minimum absolute atomic E-state index is 0.0448. The molecule has 0 saturated heterocycles. The SMILES string of the molecule is C=C(C)C(=O)Oc1cc(-c2ccc(CCC)cc2F)ccc1CCCO. The van der Waals surface area contributed by atoms with Crippen molar-refractivity contribution in [2.75, 3.05) is 6.61 Å². The molecule has 0 aliphatic heterocycles. The molecule has 4 heteroatoms. The number of benzene rings is 2. The number of ether oxygens (including phenoxy) is 1. The molecule has 138 valence electrons. The van der Waals surface area contributed by atoms with Gasteiger partial charge in [0.05, 0.1) is 0 Å². The molecule has 0 aromatic heterocycles. The molecule has 2 rings (SSSR count). The second-order valence-electron chi connectivity index (χ2n) is 6.38. The third-order valence-electron chi connectivity index (χ3n) is 4.11. The summed E-state index contributed by atoms with van der Waals surface area (Å²) in [6.45, 7) is 7.26. The lowest BCUT2D eigenvalue weighted by molar-refractivity contribution is -0.130. The smallest absolute Gasteiger partial charge is 0.338 e. The Labute approximate surface area is 154 Å². The highest BCUT2D eigenvalue weighted by molar-refractivity contribution is 5.89. The molecule has 0 bridgehead atoms. The number of aliphatic hydroxyl groups is 1. The summed E-state index contributed by atoms with van der Waals surface area (Å²) in [4.78, 5) is 11.9. The van der Waals surface area contributed by atoms with Crippen molar-refractivity contribution >= 4 is 5.97 Å². The van der Waals surface area contributed by atoms with Crippen molar-refractivity contribution in [2.45, 2.75) is 39.5 Å². The highest BCUT2D eigenvalue weighted by Gasteiger charge is 2.14. The van der Waals surface area contributed by atoms with Crippen LogP contribution in [0.1, 0.15) is 37.8 Å². The van der Waals surface area contributed by atoms with Crippen LogP contribution < -0.4 is 4.74 Å². The molecule has 0 aliphatic carbocycles. The number of aliphatic hydroxyl groups excluding tert-OH is 1. The van der Waals surface area contributed by atoms with E-state index >= 15 is 0 Å². The van der Waals surface area contributed by atoms with Crippen LogP contribution in [0.25, 0.3) is 11.1 Å². The molecule has 0 aliphatic rings. The summed E-state index contributed by atoms with van der Waals surface area (Å²) in [5.41, 5.74) is 3.15. The Morgan fingerprint density at radius 1 is 1.19 bits per heavy atom. The molecule has 0 atom stereocenters. The second-order valence-corrected chi connectivity index (χ2v) is 6.38. The summed E-state index contributed by atoms with van der Waals surface area (Å²) in [5, 5.41) is 9.06. The maximum Gasteiger partial charge on any atom is 0.338 e. The van der Waals surface area contributed by atoms with Crippen LogP contribution in [0.2, 0.25) is 0 Å². The molecule has 1 N–H and O–H groups in total. The Kier molecular flexibility index (Phi) is 7.10. The number of hydrogen-bond acceptors (Lipinski definition) is 3. The van der Waals surface area contributed by atoms with E-state index in [-0.39, 0.29) is 12.4 Å². The molecule has 0 fully saturated rings. The van der Waals surface area contributed by atoms with E-state index in [0.717, 1.165) is 24.0 Å². The van der Waals surface area contributed by atoms with Crippen LogP contribution in [-0.2, 0) is 17.6 Å². The maximum atomic E-state index is 14.5. The lowest BCUT2D eigenvalue weighted by Gasteiger charge is -2.13. The monoisotopic (exact) mass is 356 g/mol. The molecule has 0 radical (unpaired) electrons. The average molecular weight is 356 g/mol. The summed E-state index contributed by atoms with van der Waals surface area (Å²) in [5.74, 6) is -0.441. The molecule has 2 aromatic carbocycles. The molecule has 0 amide bonds. The van der Waals surface area contributed by atoms with Crippen molar-refractivity contribution in [3.8, 4) is 16.9 Å². The Morgan fingerprint density at radius 3 is 2.58 bits per heavy atom. The van der Waals surface area contributed by atoms with Gasteiger partial charge in [0.15, 0.2) is 0 Å². The first-order valence-electron chi connectivity index (χ1n) is 8.86. The van der Waals surface area contributed by atoms with Crippen molar-refractivity contribution in [3.05, 3.63) is 65.5 Å². The van der Waals surface area contributed by atoms with Gasteiger partial charge in [0.1, 0.15) is 11.6 Å². The lowest BCUT2D eigenvalue weighted by atomic mass is 9.98. The molecular weight excluding hydrogens is 331 g/mol. The van der Waals surface area contributed by atoms with E-state index in [1.807, 2.05) is 18.2 Å². The van der Waals surface area contributed by atoms with E-state index in [1.165, 1.54) is 0 Å². The highest BCUT2D eigenvalue weighted by atomic mass is 19.1. The van der Waals surface area contributed by atoms with Crippen LogP contribution in [0.15, 0.2) is 48.6 Å². The van der Waals surface area contributed by atoms with Gasteiger partial charge in [0.2, 0.25) is 0 Å². The normalized spacial score (nSPS) is 10.6. The zero-order chi connectivity index (χ0) is 19.1. The van der Waals surface area contributed by atoms with Crippen molar-refractivity contribution < 1.29 is 19.0 Å². The van der Waals surface area contributed by atoms with Gasteiger partial charge in [0.25, 0.3) is 0 Å². The average Bonchev–Trinajstić information content (AvgIpc) is 2.61. The first-order valence-corrected chi connectivity index (χ1v) is 8.86. The minimum atomic E-state index is -0.522. The Morgan fingerprint density at radius 2 is 1.96 bits per heavy atom. The zero-order valence-corrected chi connectivity index (χ0v) is 15.3. The van der Waals surface area contributed by atoms with E-state index in [9.17, 15) is 9.18 Å². The topological polar surface area (TPSA) is 46.5 Å². The molecule has 0 heterocycles. The molecule has 2 aromatic rings. The molecule has 26 heavy (non-hydrogen) atoms. The first-order chi connectivity index (χ1) is 12.5. The summed E-state index contributed by atoms with van der Waals surface area (Å²) in [7, 11) is 0. The van der Waals surface area contributed by atoms with E-state index in [1.54, 1.807) is 25.1 Å². The van der Waals surface area contributed by atoms with Crippen LogP contribution >= 0.6 is 0 Å².